The second-order valence-corrected chi connectivity index (χ2v) is 10.4. The average molecular weight is 536 g/mol. The zero-order valence-electron chi connectivity index (χ0n) is 22.8. The van der Waals surface area contributed by atoms with Gasteiger partial charge in [0.1, 0.15) is 0 Å². The van der Waals surface area contributed by atoms with Gasteiger partial charge >= 0.3 is 0 Å². The van der Waals surface area contributed by atoms with Gasteiger partial charge in [0.2, 0.25) is 0 Å². The van der Waals surface area contributed by atoms with E-state index in [0.717, 1.165) is 39.0 Å². The first kappa shape index (κ1) is 24.2. The van der Waals surface area contributed by atoms with Crippen molar-refractivity contribution in [2.24, 2.45) is 0 Å². The van der Waals surface area contributed by atoms with Gasteiger partial charge in [-0.15, -0.1) is 0 Å². The molecule has 6 aromatic carbocycles. The van der Waals surface area contributed by atoms with Crippen molar-refractivity contribution in [3.8, 4) is 44.6 Å². The van der Waals surface area contributed by atoms with E-state index in [9.17, 15) is 0 Å². The maximum Gasteiger partial charge on any atom is 0.0899 e. The molecule has 0 aliphatic rings. The Kier molecular flexibility index (Phi) is 5.79. The molecule has 0 aliphatic heterocycles. The molecule has 3 nitrogen and oxygen atoms in total. The molecule has 42 heavy (non-hydrogen) atoms. The minimum absolute atomic E-state index is 0.856. The minimum Gasteiger partial charge on any atom is -0.264 e. The predicted octanol–water partition coefficient (Wildman–Crippen LogP) is 10.00. The summed E-state index contributed by atoms with van der Waals surface area (Å²) in [4.78, 5) is 14.3. The third kappa shape index (κ3) is 3.94. The third-order valence-electron chi connectivity index (χ3n) is 8.00. The SMILES string of the molecule is c1ccc(-c2c(-c3cnc4ccccc4n3)cccc2-c2c3ccccc3c(-c3cccnc3)c3ccccc23)cc1. The molecule has 0 N–H and O–H groups in total. The van der Waals surface area contributed by atoms with E-state index < -0.39 is 0 Å². The van der Waals surface area contributed by atoms with Crippen LogP contribution in [-0.4, -0.2) is 15.0 Å². The van der Waals surface area contributed by atoms with Crippen molar-refractivity contribution in [2.75, 3.05) is 0 Å². The van der Waals surface area contributed by atoms with E-state index >= 15 is 0 Å². The van der Waals surface area contributed by atoms with Gasteiger partial charge in [-0.25, -0.2) is 4.98 Å². The molecule has 0 amide bonds. The second kappa shape index (κ2) is 10.1. The van der Waals surface area contributed by atoms with Gasteiger partial charge < -0.3 is 0 Å². The molecule has 0 saturated heterocycles. The third-order valence-corrected chi connectivity index (χ3v) is 8.00. The first-order valence-electron chi connectivity index (χ1n) is 14.1. The maximum atomic E-state index is 5.08. The Morgan fingerprint density at radius 1 is 0.381 bits per heavy atom. The second-order valence-electron chi connectivity index (χ2n) is 10.4. The largest absolute Gasteiger partial charge is 0.264 e. The monoisotopic (exact) mass is 535 g/mol. The van der Waals surface area contributed by atoms with E-state index in [-0.39, 0.29) is 0 Å². The number of benzene rings is 6. The molecular formula is C39H25N3. The molecule has 2 aromatic heterocycles. The normalized spacial score (nSPS) is 11.3. The summed E-state index contributed by atoms with van der Waals surface area (Å²) in [6.07, 6.45) is 5.69. The Morgan fingerprint density at radius 2 is 0.976 bits per heavy atom. The van der Waals surface area contributed by atoms with Crippen LogP contribution < -0.4 is 0 Å². The molecule has 2 heterocycles. The number of fused-ring (bicyclic) bond motifs is 3. The van der Waals surface area contributed by atoms with Gasteiger partial charge in [-0.2, -0.15) is 0 Å². The zero-order valence-corrected chi connectivity index (χ0v) is 22.8. The van der Waals surface area contributed by atoms with Gasteiger partial charge in [0.05, 0.1) is 22.9 Å². The molecule has 196 valence electrons. The summed E-state index contributed by atoms with van der Waals surface area (Å²) < 4.78 is 0. The smallest absolute Gasteiger partial charge is 0.0899 e. The van der Waals surface area contributed by atoms with Gasteiger partial charge in [0.15, 0.2) is 0 Å². The molecule has 3 heteroatoms. The molecule has 0 unspecified atom stereocenters. The maximum absolute atomic E-state index is 5.08. The lowest BCUT2D eigenvalue weighted by molar-refractivity contribution is 1.29. The Morgan fingerprint density at radius 3 is 1.67 bits per heavy atom. The van der Waals surface area contributed by atoms with E-state index in [1.165, 1.54) is 38.2 Å². The molecule has 0 radical (unpaired) electrons. The van der Waals surface area contributed by atoms with E-state index in [1.807, 2.05) is 48.9 Å². The standard InChI is InChI=1S/C39H25N3/c1-2-12-26(13-3-1)37-32(36-25-41-34-21-8-9-22-35(34)42-36)19-10-20-33(37)39-30-17-6-4-15-28(30)38(27-14-11-23-40-24-27)29-16-5-7-18-31(29)39/h1-25H. The van der Waals surface area contributed by atoms with Crippen LogP contribution >= 0.6 is 0 Å². The highest BCUT2D eigenvalue weighted by Gasteiger charge is 2.21. The summed E-state index contributed by atoms with van der Waals surface area (Å²) in [7, 11) is 0. The van der Waals surface area contributed by atoms with Gasteiger partial charge in [-0.1, -0.05) is 115 Å². The fourth-order valence-electron chi connectivity index (χ4n) is 6.22. The fourth-order valence-corrected chi connectivity index (χ4v) is 6.22. The minimum atomic E-state index is 0.856. The molecular weight excluding hydrogens is 510 g/mol. The highest BCUT2D eigenvalue weighted by Crippen LogP contribution is 2.47. The highest BCUT2D eigenvalue weighted by atomic mass is 14.8. The quantitative estimate of drug-likeness (QED) is 0.211. The molecule has 0 aliphatic carbocycles. The highest BCUT2D eigenvalue weighted by molar-refractivity contribution is 6.22. The Bertz CT molecular complexity index is 2180. The van der Waals surface area contributed by atoms with Gasteiger partial charge in [-0.3, -0.25) is 9.97 Å². The molecule has 0 fully saturated rings. The van der Waals surface area contributed by atoms with Crippen LogP contribution in [0.2, 0.25) is 0 Å². The summed E-state index contributed by atoms with van der Waals surface area (Å²) in [5.41, 5.74) is 10.7. The zero-order chi connectivity index (χ0) is 27.9. The fraction of sp³-hybridized carbons (Fsp3) is 0. The molecule has 0 saturated carbocycles. The van der Waals surface area contributed by atoms with Crippen molar-refractivity contribution in [1.29, 1.82) is 0 Å². The van der Waals surface area contributed by atoms with Crippen LogP contribution in [0.15, 0.2) is 152 Å². The van der Waals surface area contributed by atoms with Gasteiger partial charge in [0, 0.05) is 23.5 Å². The van der Waals surface area contributed by atoms with E-state index in [1.54, 1.807) is 0 Å². The van der Waals surface area contributed by atoms with Crippen LogP contribution in [0.1, 0.15) is 0 Å². The summed E-state index contributed by atoms with van der Waals surface area (Å²) in [5.74, 6) is 0. The van der Waals surface area contributed by atoms with Crippen molar-refractivity contribution in [1.82, 2.24) is 15.0 Å². The summed E-state index contributed by atoms with van der Waals surface area (Å²) in [6.45, 7) is 0. The number of pyridine rings is 1. The lowest BCUT2D eigenvalue weighted by atomic mass is 9.82. The van der Waals surface area contributed by atoms with Crippen molar-refractivity contribution in [2.45, 2.75) is 0 Å². The first-order valence-corrected chi connectivity index (χ1v) is 14.1. The van der Waals surface area contributed by atoms with E-state index in [4.69, 9.17) is 9.97 Å². The number of para-hydroxylation sites is 2. The van der Waals surface area contributed by atoms with Crippen LogP contribution in [-0.2, 0) is 0 Å². The van der Waals surface area contributed by atoms with Gasteiger partial charge in [0.25, 0.3) is 0 Å². The Hall–Kier alpha value is -5.67. The number of hydrogen-bond acceptors (Lipinski definition) is 3. The average Bonchev–Trinajstić information content (AvgIpc) is 3.07. The van der Waals surface area contributed by atoms with Crippen molar-refractivity contribution < 1.29 is 0 Å². The van der Waals surface area contributed by atoms with Crippen LogP contribution in [0.3, 0.4) is 0 Å². The van der Waals surface area contributed by atoms with Crippen molar-refractivity contribution in [3.05, 3.63) is 152 Å². The number of nitrogens with zero attached hydrogens (tertiary/aromatic N) is 3. The summed E-state index contributed by atoms with van der Waals surface area (Å²) >= 11 is 0. The van der Waals surface area contributed by atoms with Crippen molar-refractivity contribution in [3.63, 3.8) is 0 Å². The van der Waals surface area contributed by atoms with Crippen LogP contribution in [0, 0.1) is 0 Å². The topological polar surface area (TPSA) is 38.7 Å². The number of aromatic nitrogens is 3. The van der Waals surface area contributed by atoms with Crippen LogP contribution in [0.25, 0.3) is 77.2 Å². The number of rotatable bonds is 4. The molecule has 8 rings (SSSR count). The van der Waals surface area contributed by atoms with E-state index in [2.05, 4.69) is 108 Å². The summed E-state index contributed by atoms with van der Waals surface area (Å²) in [6, 6.07) is 46.9. The lowest BCUT2D eigenvalue weighted by Gasteiger charge is -2.21. The first-order chi connectivity index (χ1) is 20.9. The van der Waals surface area contributed by atoms with E-state index in [0.29, 0.717) is 0 Å². The number of hydrogen-bond donors (Lipinski definition) is 0. The molecule has 8 aromatic rings. The summed E-state index contributed by atoms with van der Waals surface area (Å²) in [5, 5.41) is 4.81. The molecule has 0 atom stereocenters. The van der Waals surface area contributed by atoms with Crippen LogP contribution in [0.5, 0.6) is 0 Å². The molecule has 0 bridgehead atoms. The van der Waals surface area contributed by atoms with Crippen molar-refractivity contribution >= 4 is 32.6 Å². The van der Waals surface area contributed by atoms with Gasteiger partial charge in [-0.05, 0) is 67.6 Å². The molecule has 0 spiro atoms. The lowest BCUT2D eigenvalue weighted by Crippen LogP contribution is -1.96. The Balaban J connectivity index is 1.51. The predicted molar refractivity (Wildman–Crippen MR) is 174 cm³/mol. The Labute approximate surface area is 243 Å². The van der Waals surface area contributed by atoms with Crippen LogP contribution in [0.4, 0.5) is 0 Å².